The second-order valence-electron chi connectivity index (χ2n) is 7.53. The maximum absolute atomic E-state index is 12.5. The average Bonchev–Trinajstić information content (AvgIpc) is 3.45. The fraction of sp³-hybridized carbons (Fsp3) is 0.409. The van der Waals surface area contributed by atoms with E-state index in [1.165, 1.54) is 24.1 Å². The van der Waals surface area contributed by atoms with Crippen LogP contribution in [0.3, 0.4) is 0 Å². The second kappa shape index (κ2) is 6.21. The lowest BCUT2D eigenvalue weighted by molar-refractivity contribution is -0.117. The number of benzene rings is 2. The lowest BCUT2D eigenvalue weighted by atomic mass is 9.79. The molecule has 1 aliphatic carbocycles. The van der Waals surface area contributed by atoms with Gasteiger partial charge in [-0.1, -0.05) is 43.3 Å². The van der Waals surface area contributed by atoms with Crippen LogP contribution >= 0.6 is 0 Å². The predicted octanol–water partition coefficient (Wildman–Crippen LogP) is 4.65. The van der Waals surface area contributed by atoms with Crippen molar-refractivity contribution in [1.82, 2.24) is 0 Å². The molecule has 1 saturated carbocycles. The fourth-order valence-corrected chi connectivity index (χ4v) is 4.67. The molecule has 1 fully saturated rings. The number of hydrogen-bond acceptors (Lipinski definition) is 2. The molecule has 130 valence electrons. The van der Waals surface area contributed by atoms with E-state index in [4.69, 9.17) is 0 Å². The number of hydrogen-bond donors (Lipinski definition) is 0. The first-order chi connectivity index (χ1) is 12.1. The highest BCUT2D eigenvalue weighted by Crippen LogP contribution is 2.51. The van der Waals surface area contributed by atoms with E-state index >= 15 is 0 Å². The number of carbonyl (C=O) groups excluding carboxylic acids is 1. The average molecular weight is 334 g/mol. The van der Waals surface area contributed by atoms with Gasteiger partial charge < -0.3 is 9.80 Å². The molecule has 3 heteroatoms. The van der Waals surface area contributed by atoms with Gasteiger partial charge in [0.1, 0.15) is 0 Å². The van der Waals surface area contributed by atoms with Gasteiger partial charge in [0.2, 0.25) is 5.91 Å². The Morgan fingerprint density at radius 2 is 1.68 bits per heavy atom. The van der Waals surface area contributed by atoms with Gasteiger partial charge >= 0.3 is 0 Å². The Morgan fingerprint density at radius 3 is 2.32 bits per heavy atom. The van der Waals surface area contributed by atoms with Gasteiger partial charge in [0.15, 0.2) is 0 Å². The molecule has 0 aromatic heterocycles. The summed E-state index contributed by atoms with van der Waals surface area (Å²) in [6, 6.07) is 19.6. The van der Waals surface area contributed by atoms with E-state index in [1.807, 2.05) is 6.07 Å². The van der Waals surface area contributed by atoms with Crippen LogP contribution in [-0.4, -0.2) is 19.0 Å². The van der Waals surface area contributed by atoms with Gasteiger partial charge in [-0.2, -0.15) is 0 Å². The van der Waals surface area contributed by atoms with Crippen molar-refractivity contribution in [2.24, 2.45) is 11.8 Å². The number of fused-ring (bicyclic) bond motifs is 1. The normalized spacial score (nSPS) is 25.4. The molecule has 1 amide bonds. The summed E-state index contributed by atoms with van der Waals surface area (Å²) in [6.07, 6.45) is 2.48. The summed E-state index contributed by atoms with van der Waals surface area (Å²) in [5.74, 6) is 1.19. The Labute approximate surface area is 150 Å². The number of carbonyl (C=O) groups is 1. The van der Waals surface area contributed by atoms with E-state index in [2.05, 4.69) is 72.3 Å². The van der Waals surface area contributed by atoms with Gasteiger partial charge in [0.25, 0.3) is 0 Å². The van der Waals surface area contributed by atoms with Crippen LogP contribution in [0.1, 0.15) is 38.3 Å². The van der Waals surface area contributed by atoms with Gasteiger partial charge in [0, 0.05) is 37.3 Å². The molecule has 0 spiro atoms. The molecule has 1 heterocycles. The molecule has 0 saturated heterocycles. The molecule has 1 aliphatic heterocycles. The quantitative estimate of drug-likeness (QED) is 0.816. The van der Waals surface area contributed by atoms with E-state index in [1.54, 1.807) is 6.92 Å². The molecule has 3 atom stereocenters. The van der Waals surface area contributed by atoms with Crippen molar-refractivity contribution in [1.29, 1.82) is 0 Å². The zero-order chi connectivity index (χ0) is 17.6. The van der Waals surface area contributed by atoms with Crippen LogP contribution in [0.25, 0.3) is 0 Å². The van der Waals surface area contributed by atoms with Gasteiger partial charge in [-0.25, -0.2) is 0 Å². The van der Waals surface area contributed by atoms with Crippen molar-refractivity contribution in [3.8, 4) is 0 Å². The first kappa shape index (κ1) is 16.2. The second-order valence-corrected chi connectivity index (χ2v) is 7.53. The van der Waals surface area contributed by atoms with Crippen LogP contribution in [0, 0.1) is 11.8 Å². The Morgan fingerprint density at radius 1 is 1.04 bits per heavy atom. The Bertz CT molecular complexity index is 769. The lowest BCUT2D eigenvalue weighted by Gasteiger charge is -2.48. The summed E-state index contributed by atoms with van der Waals surface area (Å²) in [4.78, 5) is 17.0. The highest BCUT2D eigenvalue weighted by molar-refractivity contribution is 5.94. The maximum Gasteiger partial charge on any atom is 0.224 e. The molecule has 2 aromatic rings. The summed E-state index contributed by atoms with van der Waals surface area (Å²) in [5, 5.41) is 0. The molecule has 1 unspecified atom stereocenters. The van der Waals surface area contributed by atoms with Gasteiger partial charge in [-0.15, -0.1) is 0 Å². The first-order valence-corrected chi connectivity index (χ1v) is 9.26. The Hall–Kier alpha value is -2.29. The SMILES string of the molecule is CC(=O)N1c2ccccc2C(N(C)c2ccccc2)[C@@H](C)[C@@H]1C1CC1. The van der Waals surface area contributed by atoms with Gasteiger partial charge in [0.05, 0.1) is 6.04 Å². The van der Waals surface area contributed by atoms with Crippen LogP contribution < -0.4 is 9.80 Å². The Kier molecular flexibility index (Phi) is 4.03. The Balaban J connectivity index is 1.83. The molecule has 4 rings (SSSR count). The monoisotopic (exact) mass is 334 g/mol. The smallest absolute Gasteiger partial charge is 0.224 e. The third-order valence-corrected chi connectivity index (χ3v) is 5.87. The first-order valence-electron chi connectivity index (χ1n) is 9.26. The van der Waals surface area contributed by atoms with Crippen molar-refractivity contribution in [3.63, 3.8) is 0 Å². The largest absolute Gasteiger partial charge is 0.367 e. The van der Waals surface area contributed by atoms with Crippen LogP contribution in [0.5, 0.6) is 0 Å². The molecule has 2 aliphatic rings. The number of anilines is 2. The van der Waals surface area contributed by atoms with E-state index < -0.39 is 0 Å². The van der Waals surface area contributed by atoms with Crippen molar-refractivity contribution < 1.29 is 4.79 Å². The summed E-state index contributed by atoms with van der Waals surface area (Å²) in [6.45, 7) is 4.03. The molecular weight excluding hydrogens is 308 g/mol. The van der Waals surface area contributed by atoms with Crippen LogP contribution in [-0.2, 0) is 4.79 Å². The van der Waals surface area contributed by atoms with E-state index in [0.29, 0.717) is 17.9 Å². The molecule has 2 aromatic carbocycles. The minimum atomic E-state index is 0.164. The molecule has 0 bridgehead atoms. The number of amides is 1. The van der Waals surface area contributed by atoms with Crippen molar-refractivity contribution in [2.75, 3.05) is 16.8 Å². The third kappa shape index (κ3) is 2.72. The standard InChI is InChI=1S/C22H26N2O/c1-15-21(17-13-14-17)24(16(2)25)20-12-8-7-11-19(20)22(15)23(3)18-9-5-4-6-10-18/h4-12,15,17,21-22H,13-14H2,1-3H3/t15-,21+,22?/m0/s1. The highest BCUT2D eigenvalue weighted by Gasteiger charge is 2.48. The van der Waals surface area contributed by atoms with E-state index in [-0.39, 0.29) is 11.9 Å². The number of para-hydroxylation sites is 2. The maximum atomic E-state index is 12.5. The van der Waals surface area contributed by atoms with Crippen molar-refractivity contribution in [2.45, 2.75) is 38.8 Å². The molecule has 3 nitrogen and oxygen atoms in total. The van der Waals surface area contributed by atoms with E-state index in [0.717, 1.165) is 5.69 Å². The van der Waals surface area contributed by atoms with Gasteiger partial charge in [-0.3, -0.25) is 4.79 Å². The van der Waals surface area contributed by atoms with Gasteiger partial charge in [-0.05, 0) is 42.5 Å². The van der Waals surface area contributed by atoms with Crippen molar-refractivity contribution >= 4 is 17.3 Å². The summed E-state index contributed by atoms with van der Waals surface area (Å²) in [5.41, 5.74) is 3.58. The summed E-state index contributed by atoms with van der Waals surface area (Å²) < 4.78 is 0. The summed E-state index contributed by atoms with van der Waals surface area (Å²) >= 11 is 0. The topological polar surface area (TPSA) is 23.6 Å². The lowest BCUT2D eigenvalue weighted by Crippen LogP contribution is -2.52. The zero-order valence-electron chi connectivity index (χ0n) is 15.2. The van der Waals surface area contributed by atoms with Crippen LogP contribution in [0.15, 0.2) is 54.6 Å². The van der Waals surface area contributed by atoms with Crippen molar-refractivity contribution in [3.05, 3.63) is 60.2 Å². The van der Waals surface area contributed by atoms with E-state index in [9.17, 15) is 4.79 Å². The zero-order valence-corrected chi connectivity index (χ0v) is 15.2. The molecule has 0 radical (unpaired) electrons. The molecular formula is C22H26N2O. The number of nitrogens with zero attached hydrogens (tertiary/aromatic N) is 2. The predicted molar refractivity (Wildman–Crippen MR) is 103 cm³/mol. The number of rotatable bonds is 3. The summed E-state index contributed by atoms with van der Waals surface area (Å²) in [7, 11) is 2.18. The van der Waals surface area contributed by atoms with Crippen LogP contribution in [0.4, 0.5) is 11.4 Å². The third-order valence-electron chi connectivity index (χ3n) is 5.87. The minimum absolute atomic E-state index is 0.164. The highest BCUT2D eigenvalue weighted by atomic mass is 16.2. The molecule has 25 heavy (non-hydrogen) atoms. The minimum Gasteiger partial charge on any atom is -0.367 e. The molecule has 0 N–H and O–H groups in total. The fourth-order valence-electron chi connectivity index (χ4n) is 4.67. The van der Waals surface area contributed by atoms with Crippen LogP contribution in [0.2, 0.25) is 0 Å².